The van der Waals surface area contributed by atoms with Crippen LogP contribution in [0.3, 0.4) is 0 Å². The molecular weight excluding hydrogens is 323 g/mol. The predicted molar refractivity (Wildman–Crippen MR) is 71.4 cm³/mol. The number of hydrogen-bond donors (Lipinski definition) is 1. The topological polar surface area (TPSA) is 42.7 Å². The Bertz CT molecular complexity index is 535. The number of hydrogen-bond acceptors (Lipinski definition) is 3. The highest BCUT2D eigenvalue weighted by molar-refractivity contribution is 9.10. The number of rotatable bonds is 4. The Morgan fingerprint density at radius 2 is 2.28 bits per heavy atom. The van der Waals surface area contributed by atoms with Crippen LogP contribution in [-0.4, -0.2) is 21.5 Å². The van der Waals surface area contributed by atoms with Crippen LogP contribution < -0.4 is 5.32 Å². The summed E-state index contributed by atoms with van der Waals surface area (Å²) in [5, 5.41) is 11.3. The summed E-state index contributed by atoms with van der Waals surface area (Å²) >= 11 is 9.34. The Morgan fingerprint density at radius 3 is 2.94 bits per heavy atom. The van der Waals surface area contributed by atoms with Crippen molar-refractivity contribution in [1.82, 2.24) is 20.3 Å². The average molecular weight is 334 g/mol. The van der Waals surface area contributed by atoms with Gasteiger partial charge in [-0.2, -0.15) is 0 Å². The highest BCUT2D eigenvalue weighted by Gasteiger charge is 2.14. The summed E-state index contributed by atoms with van der Waals surface area (Å²) < 4.78 is 15.3. The smallest absolute Gasteiger partial charge is 0.125 e. The Labute approximate surface area is 117 Å². The minimum atomic E-state index is -0.399. The number of benzene rings is 1. The molecule has 0 amide bonds. The van der Waals surface area contributed by atoms with Gasteiger partial charge in [0.15, 0.2) is 0 Å². The summed E-state index contributed by atoms with van der Waals surface area (Å²) in [6.07, 6.45) is 1.65. The molecule has 0 bridgehead atoms. The fraction of sp³-hybridized carbons (Fsp3) is 0.273. The van der Waals surface area contributed by atoms with Crippen molar-refractivity contribution < 1.29 is 4.39 Å². The van der Waals surface area contributed by atoms with E-state index in [1.54, 1.807) is 10.9 Å². The molecule has 0 saturated heterocycles. The van der Waals surface area contributed by atoms with Crippen LogP contribution in [-0.2, 0) is 6.54 Å². The van der Waals surface area contributed by atoms with E-state index in [-0.39, 0.29) is 5.02 Å². The van der Waals surface area contributed by atoms with Crippen LogP contribution in [0.25, 0.3) is 5.69 Å². The maximum Gasteiger partial charge on any atom is 0.125 e. The molecule has 2 aromatic rings. The molecule has 0 aliphatic carbocycles. The van der Waals surface area contributed by atoms with E-state index in [1.807, 2.05) is 6.92 Å². The maximum atomic E-state index is 13.2. The summed E-state index contributed by atoms with van der Waals surface area (Å²) in [6.45, 7) is 3.46. The number of nitrogens with one attached hydrogen (secondary N) is 1. The van der Waals surface area contributed by atoms with Crippen molar-refractivity contribution in [3.63, 3.8) is 0 Å². The molecule has 1 heterocycles. The molecule has 0 unspecified atom stereocenters. The van der Waals surface area contributed by atoms with Crippen molar-refractivity contribution in [2.75, 3.05) is 6.54 Å². The van der Waals surface area contributed by atoms with Crippen LogP contribution in [0.2, 0.25) is 5.02 Å². The van der Waals surface area contributed by atoms with Crippen LogP contribution >= 0.6 is 27.5 Å². The Balaban J connectivity index is 2.46. The SMILES string of the molecule is CCNCc1cnnn1-c1c(Cl)cc(F)cc1Br. The second-order valence-corrected chi connectivity index (χ2v) is 4.90. The molecule has 0 spiro atoms. The second-order valence-electron chi connectivity index (χ2n) is 3.64. The molecule has 96 valence electrons. The predicted octanol–water partition coefficient (Wildman–Crippen LogP) is 2.93. The highest BCUT2D eigenvalue weighted by atomic mass is 79.9. The van der Waals surface area contributed by atoms with Crippen LogP contribution in [0.15, 0.2) is 22.8 Å². The van der Waals surface area contributed by atoms with E-state index in [4.69, 9.17) is 11.6 Å². The van der Waals surface area contributed by atoms with Gasteiger partial charge in [-0.15, -0.1) is 5.10 Å². The molecule has 1 N–H and O–H groups in total. The second kappa shape index (κ2) is 5.77. The molecule has 0 atom stereocenters. The third-order valence-corrected chi connectivity index (χ3v) is 3.26. The maximum absolute atomic E-state index is 13.2. The zero-order valence-corrected chi connectivity index (χ0v) is 12.0. The van der Waals surface area contributed by atoms with Gasteiger partial charge in [-0.3, -0.25) is 0 Å². The molecule has 0 radical (unpaired) electrons. The summed E-state index contributed by atoms with van der Waals surface area (Å²) in [7, 11) is 0. The molecule has 0 fully saturated rings. The molecule has 2 rings (SSSR count). The average Bonchev–Trinajstić information content (AvgIpc) is 2.73. The van der Waals surface area contributed by atoms with Gasteiger partial charge in [0.25, 0.3) is 0 Å². The summed E-state index contributed by atoms with van der Waals surface area (Å²) in [5.41, 5.74) is 1.44. The van der Waals surface area contributed by atoms with Crippen LogP contribution in [0.4, 0.5) is 4.39 Å². The highest BCUT2D eigenvalue weighted by Crippen LogP contribution is 2.30. The first kappa shape index (κ1) is 13.5. The standard InChI is InChI=1S/C11H11BrClFN4/c1-2-15-5-8-6-16-17-18(8)11-9(12)3-7(14)4-10(11)13/h3-4,6,15H,2,5H2,1H3. The molecule has 18 heavy (non-hydrogen) atoms. The molecule has 0 saturated carbocycles. The third-order valence-electron chi connectivity index (χ3n) is 2.37. The summed E-state index contributed by atoms with van der Waals surface area (Å²) in [6, 6.07) is 2.60. The van der Waals surface area contributed by atoms with Gasteiger partial charge in [0, 0.05) is 11.0 Å². The normalized spacial score (nSPS) is 10.9. The molecule has 7 heteroatoms. The lowest BCUT2D eigenvalue weighted by atomic mass is 10.3. The van der Waals surface area contributed by atoms with E-state index in [1.165, 1.54) is 12.1 Å². The first-order valence-corrected chi connectivity index (χ1v) is 6.55. The number of aromatic nitrogens is 3. The van der Waals surface area contributed by atoms with Crippen molar-refractivity contribution in [1.29, 1.82) is 0 Å². The zero-order chi connectivity index (χ0) is 13.1. The quantitative estimate of drug-likeness (QED) is 0.935. The lowest BCUT2D eigenvalue weighted by molar-refractivity contribution is 0.624. The van der Waals surface area contributed by atoms with Gasteiger partial charge < -0.3 is 5.32 Å². The third kappa shape index (κ3) is 2.71. The van der Waals surface area contributed by atoms with E-state index in [0.717, 1.165) is 12.2 Å². The largest absolute Gasteiger partial charge is 0.311 e. The Kier molecular flexibility index (Phi) is 4.31. The van der Waals surface area contributed by atoms with Gasteiger partial charge in [-0.05, 0) is 34.6 Å². The van der Waals surface area contributed by atoms with Gasteiger partial charge in [0.05, 0.1) is 22.6 Å². The van der Waals surface area contributed by atoms with Gasteiger partial charge in [0.1, 0.15) is 5.82 Å². The van der Waals surface area contributed by atoms with Crippen molar-refractivity contribution >= 4 is 27.5 Å². The Morgan fingerprint density at radius 1 is 1.50 bits per heavy atom. The first-order valence-electron chi connectivity index (χ1n) is 5.38. The van der Waals surface area contributed by atoms with E-state index in [9.17, 15) is 4.39 Å². The van der Waals surface area contributed by atoms with Gasteiger partial charge >= 0.3 is 0 Å². The first-order chi connectivity index (χ1) is 8.63. The fourth-order valence-electron chi connectivity index (χ4n) is 1.56. The van der Waals surface area contributed by atoms with Gasteiger partial charge in [0.2, 0.25) is 0 Å². The minimum Gasteiger partial charge on any atom is -0.311 e. The molecule has 4 nitrogen and oxygen atoms in total. The van der Waals surface area contributed by atoms with E-state index >= 15 is 0 Å². The van der Waals surface area contributed by atoms with E-state index < -0.39 is 5.82 Å². The van der Waals surface area contributed by atoms with Crippen LogP contribution in [0, 0.1) is 5.82 Å². The lowest BCUT2D eigenvalue weighted by Gasteiger charge is -2.10. The number of nitrogens with zero attached hydrogens (tertiary/aromatic N) is 3. The monoisotopic (exact) mass is 332 g/mol. The Hall–Kier alpha value is -0.980. The van der Waals surface area contributed by atoms with E-state index in [2.05, 4.69) is 31.6 Å². The van der Waals surface area contributed by atoms with Crippen LogP contribution in [0.5, 0.6) is 0 Å². The van der Waals surface area contributed by atoms with Crippen molar-refractivity contribution in [3.8, 4) is 5.69 Å². The molecule has 1 aromatic heterocycles. The van der Waals surface area contributed by atoms with E-state index in [0.29, 0.717) is 16.7 Å². The fourth-order valence-corrected chi connectivity index (χ4v) is 2.56. The molecular formula is C11H11BrClFN4. The van der Waals surface area contributed by atoms with Crippen molar-refractivity contribution in [3.05, 3.63) is 39.3 Å². The summed E-state index contributed by atoms with van der Waals surface area (Å²) in [5.74, 6) is -0.399. The minimum absolute atomic E-state index is 0.283. The molecule has 0 aliphatic rings. The zero-order valence-electron chi connectivity index (χ0n) is 9.62. The van der Waals surface area contributed by atoms with Crippen LogP contribution in [0.1, 0.15) is 12.6 Å². The van der Waals surface area contributed by atoms with Gasteiger partial charge in [-0.25, -0.2) is 9.07 Å². The summed E-state index contributed by atoms with van der Waals surface area (Å²) in [4.78, 5) is 0. The lowest BCUT2D eigenvalue weighted by Crippen LogP contribution is -2.15. The molecule has 1 aromatic carbocycles. The van der Waals surface area contributed by atoms with Crippen molar-refractivity contribution in [2.45, 2.75) is 13.5 Å². The number of halogens is 3. The molecule has 0 aliphatic heterocycles. The van der Waals surface area contributed by atoms with Crippen molar-refractivity contribution in [2.24, 2.45) is 0 Å². The van der Waals surface area contributed by atoms with Gasteiger partial charge in [-0.1, -0.05) is 23.7 Å².